The predicted molar refractivity (Wildman–Crippen MR) is 132 cm³/mol. The van der Waals surface area contributed by atoms with Crippen molar-refractivity contribution in [3.05, 3.63) is 100.0 Å². The average Bonchev–Trinajstić information content (AvgIpc) is 3.20. The second kappa shape index (κ2) is 9.13. The Balaban J connectivity index is 1.57. The van der Waals surface area contributed by atoms with Gasteiger partial charge in [-0.1, -0.05) is 72.4 Å². The Bertz CT molecular complexity index is 1160. The lowest BCUT2D eigenvalue weighted by molar-refractivity contribution is 0.338. The van der Waals surface area contributed by atoms with E-state index >= 15 is 0 Å². The molecule has 0 aliphatic carbocycles. The molecule has 0 bridgehead atoms. The van der Waals surface area contributed by atoms with Crippen molar-refractivity contribution in [2.75, 3.05) is 20.8 Å². The van der Waals surface area contributed by atoms with E-state index in [0.29, 0.717) is 6.54 Å². The summed E-state index contributed by atoms with van der Waals surface area (Å²) in [5.74, 6) is 1.56. The van der Waals surface area contributed by atoms with Crippen molar-refractivity contribution < 1.29 is 9.47 Å². The number of methoxy groups -OCH3 is 2. The highest BCUT2D eigenvalue weighted by atomic mass is 32.2. The minimum atomic E-state index is 0.137. The molecule has 32 heavy (non-hydrogen) atoms. The van der Waals surface area contributed by atoms with Crippen LogP contribution in [0.25, 0.3) is 6.08 Å². The number of ether oxygens (including phenoxy) is 2. The van der Waals surface area contributed by atoms with Gasteiger partial charge in [-0.15, -0.1) is 0 Å². The molecule has 4 nitrogen and oxygen atoms in total. The van der Waals surface area contributed by atoms with Gasteiger partial charge in [0.25, 0.3) is 0 Å². The zero-order valence-electron chi connectivity index (χ0n) is 18.3. The normalized spacial score (nSPS) is 19.7. The molecule has 0 N–H and O–H groups in total. The third-order valence-corrected chi connectivity index (χ3v) is 7.07. The van der Waals surface area contributed by atoms with Crippen molar-refractivity contribution in [2.24, 2.45) is 4.99 Å². The fraction of sp³-hybridized carbons (Fsp3) is 0.222. The number of rotatable bonds is 5. The van der Waals surface area contributed by atoms with Gasteiger partial charge >= 0.3 is 0 Å². The minimum absolute atomic E-state index is 0.137. The number of amidine groups is 1. The Kier molecular flexibility index (Phi) is 5.91. The smallest absolute Gasteiger partial charge is 0.165 e. The van der Waals surface area contributed by atoms with Gasteiger partial charge in [-0.05, 0) is 46.9 Å². The first kappa shape index (κ1) is 20.7. The number of hydrogen-bond acceptors (Lipinski definition) is 4. The fourth-order valence-corrected chi connectivity index (χ4v) is 5.58. The van der Waals surface area contributed by atoms with Crippen molar-refractivity contribution in [2.45, 2.75) is 19.0 Å². The average molecular weight is 443 g/mol. The van der Waals surface area contributed by atoms with Gasteiger partial charge in [-0.25, -0.2) is 0 Å². The van der Waals surface area contributed by atoms with Crippen molar-refractivity contribution in [1.29, 1.82) is 0 Å². The molecule has 1 unspecified atom stereocenters. The molecule has 5 rings (SSSR count). The molecule has 0 aromatic heterocycles. The van der Waals surface area contributed by atoms with Gasteiger partial charge in [0.15, 0.2) is 16.7 Å². The molecule has 0 amide bonds. The molecule has 0 spiro atoms. The van der Waals surface area contributed by atoms with E-state index in [4.69, 9.17) is 14.5 Å². The molecule has 2 aliphatic heterocycles. The monoisotopic (exact) mass is 442 g/mol. The summed E-state index contributed by atoms with van der Waals surface area (Å²) in [4.78, 5) is 8.76. The lowest BCUT2D eigenvalue weighted by atomic mass is 9.91. The van der Waals surface area contributed by atoms with Crippen LogP contribution in [-0.2, 0) is 13.0 Å². The second-order valence-corrected chi connectivity index (χ2v) is 8.94. The van der Waals surface area contributed by atoms with Crippen LogP contribution in [0.3, 0.4) is 0 Å². The van der Waals surface area contributed by atoms with Crippen LogP contribution in [0, 0.1) is 0 Å². The van der Waals surface area contributed by atoms with Gasteiger partial charge in [0.05, 0.1) is 26.8 Å². The van der Waals surface area contributed by atoms with Crippen LogP contribution in [-0.4, -0.2) is 30.8 Å². The van der Waals surface area contributed by atoms with Gasteiger partial charge in [0.1, 0.15) is 0 Å². The van der Waals surface area contributed by atoms with Crippen LogP contribution in [0.5, 0.6) is 11.5 Å². The largest absolute Gasteiger partial charge is 0.493 e. The molecule has 0 radical (unpaired) electrons. The summed E-state index contributed by atoms with van der Waals surface area (Å²) in [7, 11) is 3.39. The van der Waals surface area contributed by atoms with E-state index in [1.807, 2.05) is 6.07 Å². The molecule has 2 heterocycles. The first-order chi connectivity index (χ1) is 15.8. The van der Waals surface area contributed by atoms with E-state index in [1.54, 1.807) is 26.0 Å². The number of nitrogens with zero attached hydrogens (tertiary/aromatic N) is 2. The topological polar surface area (TPSA) is 34.1 Å². The Morgan fingerprint density at radius 3 is 2.38 bits per heavy atom. The Hall–Kier alpha value is -3.18. The van der Waals surface area contributed by atoms with Gasteiger partial charge in [-0.3, -0.25) is 4.99 Å². The van der Waals surface area contributed by atoms with Crippen molar-refractivity contribution in [3.8, 4) is 11.5 Å². The SMILES string of the molecule is COc1cc2c(cc1OC)C1/C(=C/c3ccccc3)SC(=NCc3ccccc3)N1CC2. The van der Waals surface area contributed by atoms with Crippen LogP contribution in [0.1, 0.15) is 28.3 Å². The minimum Gasteiger partial charge on any atom is -0.493 e. The molecule has 3 aromatic rings. The van der Waals surface area contributed by atoms with Gasteiger partial charge in [0, 0.05) is 11.4 Å². The van der Waals surface area contributed by atoms with Crippen molar-refractivity contribution in [3.63, 3.8) is 0 Å². The summed E-state index contributed by atoms with van der Waals surface area (Å²) in [5.41, 5.74) is 5.01. The number of aliphatic imine (C=N–C) groups is 1. The quantitative estimate of drug-likeness (QED) is 0.489. The second-order valence-electron chi connectivity index (χ2n) is 7.90. The number of thioether (sulfide) groups is 1. The van der Waals surface area contributed by atoms with E-state index in [2.05, 4.69) is 77.7 Å². The Morgan fingerprint density at radius 2 is 1.66 bits per heavy atom. The number of benzene rings is 3. The summed E-state index contributed by atoms with van der Waals surface area (Å²) < 4.78 is 11.2. The summed E-state index contributed by atoms with van der Waals surface area (Å²) in [6.45, 7) is 1.61. The maximum atomic E-state index is 5.64. The molecule has 2 aliphatic rings. The molecule has 1 saturated heterocycles. The number of hydrogen-bond donors (Lipinski definition) is 0. The Morgan fingerprint density at radius 1 is 0.969 bits per heavy atom. The first-order valence-electron chi connectivity index (χ1n) is 10.8. The molecule has 0 saturated carbocycles. The zero-order valence-corrected chi connectivity index (χ0v) is 19.1. The van der Waals surface area contributed by atoms with Crippen LogP contribution < -0.4 is 9.47 Å². The molecule has 5 heteroatoms. The standard InChI is InChI=1S/C27H26N2O2S/c1-30-23-16-21-13-14-29-26(22(21)17-24(23)31-2)25(15-19-9-5-3-6-10-19)32-27(29)28-18-20-11-7-4-8-12-20/h3-12,15-17,26H,13-14,18H2,1-2H3/b25-15-,28-27?. The van der Waals surface area contributed by atoms with Crippen LogP contribution in [0.15, 0.2) is 82.7 Å². The van der Waals surface area contributed by atoms with E-state index in [0.717, 1.165) is 29.6 Å². The third kappa shape index (κ3) is 4.00. The molecular formula is C27H26N2O2S. The summed E-state index contributed by atoms with van der Waals surface area (Å²) in [5, 5.41) is 1.08. The van der Waals surface area contributed by atoms with E-state index in [1.165, 1.54) is 27.2 Å². The van der Waals surface area contributed by atoms with E-state index < -0.39 is 0 Å². The molecular weight excluding hydrogens is 416 g/mol. The molecule has 162 valence electrons. The van der Waals surface area contributed by atoms with Gasteiger partial charge < -0.3 is 14.4 Å². The maximum absolute atomic E-state index is 5.64. The zero-order chi connectivity index (χ0) is 21.9. The van der Waals surface area contributed by atoms with Crippen molar-refractivity contribution >= 4 is 23.0 Å². The predicted octanol–water partition coefficient (Wildman–Crippen LogP) is 5.95. The summed E-state index contributed by atoms with van der Waals surface area (Å²) in [6, 6.07) is 25.4. The Labute approximate surface area is 193 Å². The third-order valence-electron chi connectivity index (χ3n) is 5.95. The van der Waals surface area contributed by atoms with Gasteiger partial charge in [-0.2, -0.15) is 0 Å². The van der Waals surface area contributed by atoms with Crippen LogP contribution in [0.4, 0.5) is 0 Å². The molecule has 1 atom stereocenters. The van der Waals surface area contributed by atoms with E-state index in [9.17, 15) is 0 Å². The summed E-state index contributed by atoms with van der Waals surface area (Å²) >= 11 is 1.78. The van der Waals surface area contributed by atoms with Crippen LogP contribution in [0.2, 0.25) is 0 Å². The van der Waals surface area contributed by atoms with Crippen LogP contribution >= 0.6 is 11.8 Å². The lowest BCUT2D eigenvalue weighted by Crippen LogP contribution is -2.34. The molecule has 3 aromatic carbocycles. The highest BCUT2D eigenvalue weighted by molar-refractivity contribution is 8.17. The number of fused-ring (bicyclic) bond motifs is 3. The highest BCUT2D eigenvalue weighted by Gasteiger charge is 2.40. The summed E-state index contributed by atoms with van der Waals surface area (Å²) in [6.07, 6.45) is 3.24. The lowest BCUT2D eigenvalue weighted by Gasteiger charge is -2.33. The first-order valence-corrected chi connectivity index (χ1v) is 11.6. The molecule has 1 fully saturated rings. The van der Waals surface area contributed by atoms with Crippen molar-refractivity contribution in [1.82, 2.24) is 4.90 Å². The van der Waals surface area contributed by atoms with Gasteiger partial charge in [0.2, 0.25) is 0 Å². The van der Waals surface area contributed by atoms with E-state index in [-0.39, 0.29) is 6.04 Å². The highest BCUT2D eigenvalue weighted by Crippen LogP contribution is 2.50. The fourth-order valence-electron chi connectivity index (χ4n) is 4.37. The maximum Gasteiger partial charge on any atom is 0.165 e.